The Bertz CT molecular complexity index is 991. The lowest BCUT2D eigenvalue weighted by molar-refractivity contribution is -0.106. The Hall–Kier alpha value is -3.05. The van der Waals surface area contributed by atoms with Crippen LogP contribution < -0.4 is 10.6 Å². The Balaban J connectivity index is 2.15. The van der Waals surface area contributed by atoms with Crippen molar-refractivity contribution in [2.24, 2.45) is 10.7 Å². The second-order valence-electron chi connectivity index (χ2n) is 7.24. The fourth-order valence-corrected chi connectivity index (χ4v) is 3.24. The minimum atomic E-state index is -3.91. The number of amides is 1. The number of halogens is 6. The van der Waals surface area contributed by atoms with Gasteiger partial charge in [0.2, 0.25) is 0 Å². The molecular formula is C18H17F6N5O. The Morgan fingerprint density at radius 1 is 1.23 bits per heavy atom. The van der Waals surface area contributed by atoms with Gasteiger partial charge in [0.1, 0.15) is 17.3 Å². The van der Waals surface area contributed by atoms with Gasteiger partial charge in [0.15, 0.2) is 11.2 Å². The predicted molar refractivity (Wildman–Crippen MR) is 95.9 cm³/mol. The summed E-state index contributed by atoms with van der Waals surface area (Å²) in [6.45, 7) is -1.75. The van der Waals surface area contributed by atoms with Crippen molar-refractivity contribution in [2.75, 3.05) is 4.90 Å². The first-order chi connectivity index (χ1) is 13.8. The number of benzene rings is 1. The molecule has 1 amide bonds. The monoisotopic (exact) mass is 433 g/mol. The third-order valence-corrected chi connectivity index (χ3v) is 5.04. The quantitative estimate of drug-likeness (QED) is 0.569. The van der Waals surface area contributed by atoms with E-state index in [0.29, 0.717) is 12.1 Å². The average Bonchev–Trinajstić information content (AvgIpc) is 3.15. The summed E-state index contributed by atoms with van der Waals surface area (Å²) in [7, 11) is 0. The molecular weight excluding hydrogens is 416 g/mol. The van der Waals surface area contributed by atoms with Crippen molar-refractivity contribution in [3.05, 3.63) is 47.5 Å². The van der Waals surface area contributed by atoms with Gasteiger partial charge < -0.3 is 5.73 Å². The molecule has 2 heterocycles. The fraction of sp³-hybridized carbons (Fsp3) is 0.389. The average molecular weight is 433 g/mol. The highest BCUT2D eigenvalue weighted by Crippen LogP contribution is 2.50. The molecule has 0 fully saturated rings. The van der Waals surface area contributed by atoms with Crippen LogP contribution in [0, 0.1) is 5.82 Å². The van der Waals surface area contributed by atoms with Gasteiger partial charge in [-0.05, 0) is 38.1 Å². The summed E-state index contributed by atoms with van der Waals surface area (Å²) < 4.78 is 85.9. The van der Waals surface area contributed by atoms with Gasteiger partial charge in [0.05, 0.1) is 12.1 Å². The van der Waals surface area contributed by atoms with Crippen molar-refractivity contribution in [1.82, 2.24) is 10.2 Å². The molecule has 0 aliphatic carbocycles. The highest BCUT2D eigenvalue weighted by molar-refractivity contribution is 6.04. The zero-order valence-electron chi connectivity index (χ0n) is 15.8. The number of rotatable bonds is 4. The highest BCUT2D eigenvalue weighted by Gasteiger charge is 2.60. The molecule has 0 spiro atoms. The number of hydrogen-bond acceptors (Lipinski definition) is 4. The van der Waals surface area contributed by atoms with Gasteiger partial charge in [-0.25, -0.2) is 22.5 Å². The largest absolute Gasteiger partial charge is 0.385 e. The maximum atomic E-state index is 14.8. The number of anilines is 1. The van der Waals surface area contributed by atoms with Crippen LogP contribution in [0.25, 0.3) is 0 Å². The first kappa shape index (κ1) is 21.7. The molecule has 2 aromatic rings. The molecule has 162 valence electrons. The van der Waals surface area contributed by atoms with Crippen LogP contribution >= 0.6 is 0 Å². The van der Waals surface area contributed by atoms with E-state index in [0.717, 1.165) is 32.2 Å². The van der Waals surface area contributed by atoms with Crippen molar-refractivity contribution in [1.29, 1.82) is 0 Å². The summed E-state index contributed by atoms with van der Waals surface area (Å²) in [6, 6.07) is 3.26. The number of amidine groups is 1. The van der Waals surface area contributed by atoms with E-state index in [2.05, 4.69) is 15.2 Å². The number of hydrogen-bond donors (Lipinski definition) is 2. The summed E-state index contributed by atoms with van der Waals surface area (Å²) in [5.41, 5.74) is -1.53. The molecule has 0 bridgehead atoms. The number of H-pyrrole nitrogens is 1. The molecule has 0 saturated heterocycles. The van der Waals surface area contributed by atoms with Crippen LogP contribution in [0.2, 0.25) is 0 Å². The van der Waals surface area contributed by atoms with Gasteiger partial charge in [0, 0.05) is 11.8 Å². The van der Waals surface area contributed by atoms with Gasteiger partial charge in [0.25, 0.3) is 11.8 Å². The van der Waals surface area contributed by atoms with Crippen LogP contribution in [0.15, 0.2) is 35.5 Å². The zero-order chi connectivity index (χ0) is 22.5. The van der Waals surface area contributed by atoms with E-state index >= 15 is 0 Å². The Kier molecular flexibility index (Phi) is 5.07. The van der Waals surface area contributed by atoms with Gasteiger partial charge in [-0.2, -0.15) is 13.9 Å². The van der Waals surface area contributed by atoms with E-state index in [9.17, 15) is 31.1 Å². The number of carbonyl (C=O) groups is 1. The number of aliphatic imine (C=N–C) groups is 1. The standard InChI is InChI=1S/C18H17F6N5O/c1-16(22)8-18(23,24)17(2,27-14(16)25)10-7-9(3-4-11(10)19)29(15(20)21)13(30)12-5-6-26-28-12/h3-7,15H,8H2,1-2H3,(H2,25,27)(H,26,28)/t16-,17+/m0/s1. The molecule has 1 aliphatic rings. The lowest BCUT2D eigenvalue weighted by Gasteiger charge is -2.42. The fourth-order valence-electron chi connectivity index (χ4n) is 3.24. The molecule has 0 saturated carbocycles. The van der Waals surface area contributed by atoms with Crippen molar-refractivity contribution < 1.29 is 31.1 Å². The lowest BCUT2D eigenvalue weighted by Crippen LogP contribution is -2.56. The number of aromatic nitrogens is 2. The van der Waals surface area contributed by atoms with Crippen LogP contribution in [0.1, 0.15) is 36.3 Å². The number of aromatic amines is 1. The molecule has 0 radical (unpaired) electrons. The van der Waals surface area contributed by atoms with Crippen LogP contribution in [0.3, 0.4) is 0 Å². The second-order valence-corrected chi connectivity index (χ2v) is 7.24. The zero-order valence-corrected chi connectivity index (χ0v) is 15.8. The molecule has 1 aliphatic heterocycles. The number of nitrogens with zero attached hydrogens (tertiary/aromatic N) is 3. The molecule has 1 aromatic carbocycles. The van der Waals surface area contributed by atoms with E-state index < -0.39 is 58.9 Å². The SMILES string of the molecule is C[C@]1(F)CC(F)(F)[C@@](C)(c2cc(N(C(=O)c3ccn[nH]3)C(F)F)ccc2F)N=C1N. The summed E-state index contributed by atoms with van der Waals surface area (Å²) in [6.07, 6.45) is -0.233. The van der Waals surface area contributed by atoms with Gasteiger partial charge in [-0.15, -0.1) is 0 Å². The van der Waals surface area contributed by atoms with Crippen LogP contribution in [-0.4, -0.2) is 40.1 Å². The molecule has 3 N–H and O–H groups in total. The smallest absolute Gasteiger partial charge is 0.321 e. The van der Waals surface area contributed by atoms with Gasteiger partial charge in [-0.1, -0.05) is 0 Å². The normalized spacial score (nSPS) is 25.8. The molecule has 1 aromatic heterocycles. The summed E-state index contributed by atoms with van der Waals surface area (Å²) in [4.78, 5) is 15.9. The number of carbonyl (C=O) groups excluding carboxylic acids is 1. The Morgan fingerprint density at radius 3 is 2.47 bits per heavy atom. The van der Waals surface area contributed by atoms with Crippen LogP contribution in [0.4, 0.5) is 32.0 Å². The van der Waals surface area contributed by atoms with Crippen molar-refractivity contribution >= 4 is 17.4 Å². The highest BCUT2D eigenvalue weighted by atomic mass is 19.3. The van der Waals surface area contributed by atoms with E-state index in [-0.39, 0.29) is 10.6 Å². The van der Waals surface area contributed by atoms with Crippen molar-refractivity contribution in [3.8, 4) is 0 Å². The molecule has 6 nitrogen and oxygen atoms in total. The van der Waals surface area contributed by atoms with E-state index in [1.165, 1.54) is 0 Å². The Labute approximate surface area is 166 Å². The minimum absolute atomic E-state index is 0.0207. The Morgan fingerprint density at radius 2 is 1.90 bits per heavy atom. The third-order valence-electron chi connectivity index (χ3n) is 5.04. The first-order valence-electron chi connectivity index (χ1n) is 8.64. The maximum Gasteiger partial charge on any atom is 0.321 e. The third kappa shape index (κ3) is 3.39. The first-order valence-corrected chi connectivity index (χ1v) is 8.64. The molecule has 30 heavy (non-hydrogen) atoms. The van der Waals surface area contributed by atoms with Crippen LogP contribution in [0.5, 0.6) is 0 Å². The minimum Gasteiger partial charge on any atom is -0.385 e. The topological polar surface area (TPSA) is 87.4 Å². The molecule has 2 atom stereocenters. The van der Waals surface area contributed by atoms with Crippen LogP contribution in [-0.2, 0) is 5.54 Å². The maximum absolute atomic E-state index is 14.8. The van der Waals surface area contributed by atoms with Crippen molar-refractivity contribution in [3.63, 3.8) is 0 Å². The van der Waals surface area contributed by atoms with Gasteiger partial charge >= 0.3 is 6.55 Å². The molecule has 12 heteroatoms. The molecule has 3 rings (SSSR count). The van der Waals surface area contributed by atoms with E-state index in [1.54, 1.807) is 0 Å². The van der Waals surface area contributed by atoms with Crippen molar-refractivity contribution in [2.45, 2.75) is 43.9 Å². The second kappa shape index (κ2) is 7.03. The number of alkyl halides is 5. The van der Waals surface area contributed by atoms with E-state index in [4.69, 9.17) is 5.73 Å². The van der Waals surface area contributed by atoms with Gasteiger partial charge in [-0.3, -0.25) is 14.9 Å². The van der Waals surface area contributed by atoms with E-state index in [1.807, 2.05) is 0 Å². The molecule has 0 unspecified atom stereocenters. The summed E-state index contributed by atoms with van der Waals surface area (Å²) in [5, 5.41) is 5.71. The predicted octanol–water partition coefficient (Wildman–Crippen LogP) is 3.76. The number of nitrogens with one attached hydrogen (secondary N) is 1. The summed E-state index contributed by atoms with van der Waals surface area (Å²) >= 11 is 0. The lowest BCUT2D eigenvalue weighted by atomic mass is 9.77. The number of nitrogens with two attached hydrogens (primary N) is 1. The summed E-state index contributed by atoms with van der Waals surface area (Å²) in [5.74, 6) is -7.12.